The van der Waals surface area contributed by atoms with E-state index in [-0.39, 0.29) is 17.7 Å². The molecule has 1 amide bonds. The van der Waals surface area contributed by atoms with Gasteiger partial charge < -0.3 is 15.2 Å². The van der Waals surface area contributed by atoms with Crippen LogP contribution < -0.4 is 10.1 Å². The number of nitrogens with one attached hydrogen (secondary N) is 1. The molecule has 1 aromatic heterocycles. The zero-order valence-corrected chi connectivity index (χ0v) is 14.4. The Kier molecular flexibility index (Phi) is 4.84. The number of fused-ring (bicyclic) bond motifs is 1. The maximum Gasteiger partial charge on any atom is 0.354 e. The van der Waals surface area contributed by atoms with Crippen molar-refractivity contribution in [1.29, 1.82) is 0 Å². The van der Waals surface area contributed by atoms with E-state index in [0.29, 0.717) is 22.5 Å². The van der Waals surface area contributed by atoms with Crippen molar-refractivity contribution < 1.29 is 19.4 Å². The first-order chi connectivity index (χ1) is 12.4. The minimum Gasteiger partial charge on any atom is -0.491 e. The van der Waals surface area contributed by atoms with Crippen LogP contribution in [0.15, 0.2) is 54.6 Å². The summed E-state index contributed by atoms with van der Waals surface area (Å²) in [5.41, 5.74) is 1.24. The number of amides is 1. The quantitative estimate of drug-likeness (QED) is 0.727. The third kappa shape index (κ3) is 3.80. The summed E-state index contributed by atoms with van der Waals surface area (Å²) in [5.74, 6) is -0.836. The topological polar surface area (TPSA) is 88.5 Å². The fourth-order valence-corrected chi connectivity index (χ4v) is 2.54. The highest BCUT2D eigenvalue weighted by Gasteiger charge is 2.12. The molecule has 0 bridgehead atoms. The van der Waals surface area contributed by atoms with E-state index in [2.05, 4.69) is 10.3 Å². The van der Waals surface area contributed by atoms with Gasteiger partial charge in [-0.2, -0.15) is 0 Å². The maximum absolute atomic E-state index is 12.6. The number of carboxylic acids is 1. The van der Waals surface area contributed by atoms with Crippen LogP contribution in [0, 0.1) is 0 Å². The zero-order valence-electron chi connectivity index (χ0n) is 14.4. The molecule has 0 saturated carbocycles. The molecule has 0 saturated heterocycles. The summed E-state index contributed by atoms with van der Waals surface area (Å²) in [4.78, 5) is 27.9. The molecule has 0 atom stereocenters. The number of para-hydroxylation sites is 1. The second-order valence-corrected chi connectivity index (χ2v) is 6.03. The van der Waals surface area contributed by atoms with E-state index in [1.54, 1.807) is 48.5 Å². The highest BCUT2D eigenvalue weighted by molar-refractivity contribution is 6.08. The lowest BCUT2D eigenvalue weighted by atomic mass is 10.1. The Morgan fingerprint density at radius 1 is 1.08 bits per heavy atom. The number of carbonyl (C=O) groups is 2. The first kappa shape index (κ1) is 17.4. The molecule has 6 nitrogen and oxygen atoms in total. The van der Waals surface area contributed by atoms with Gasteiger partial charge >= 0.3 is 5.97 Å². The molecule has 2 N–H and O–H groups in total. The molecule has 0 unspecified atom stereocenters. The number of anilines is 1. The van der Waals surface area contributed by atoms with Gasteiger partial charge in [-0.25, -0.2) is 9.78 Å². The number of nitrogens with zero attached hydrogens (tertiary/aromatic N) is 1. The number of carbonyl (C=O) groups excluding carboxylic acids is 1. The molecule has 1 heterocycles. The lowest BCUT2D eigenvalue weighted by molar-refractivity contribution is 0.0690. The van der Waals surface area contributed by atoms with Gasteiger partial charge in [-0.15, -0.1) is 0 Å². The van der Waals surface area contributed by atoms with Gasteiger partial charge in [0.2, 0.25) is 0 Å². The van der Waals surface area contributed by atoms with Gasteiger partial charge in [-0.1, -0.05) is 24.3 Å². The number of pyridine rings is 1. The first-order valence-corrected chi connectivity index (χ1v) is 8.15. The van der Waals surface area contributed by atoms with Crippen molar-refractivity contribution in [2.45, 2.75) is 20.0 Å². The Hall–Kier alpha value is -3.41. The normalized spacial score (nSPS) is 10.7. The number of hydrogen-bond acceptors (Lipinski definition) is 4. The molecular weight excluding hydrogens is 332 g/mol. The summed E-state index contributed by atoms with van der Waals surface area (Å²) >= 11 is 0. The summed E-state index contributed by atoms with van der Waals surface area (Å²) in [5, 5.41) is 12.7. The lowest BCUT2D eigenvalue weighted by Crippen LogP contribution is -2.13. The van der Waals surface area contributed by atoms with Gasteiger partial charge in [-0.3, -0.25) is 4.79 Å². The standard InChI is InChI=1S/C20H18N2O4/c1-12(2)26-15-7-3-6-14(11-15)19(23)22-16-8-4-5-13-9-10-17(20(24)25)21-18(13)16/h3-12H,1-2H3,(H,22,23)(H,24,25). The summed E-state index contributed by atoms with van der Waals surface area (Å²) in [6, 6.07) is 15.3. The number of ether oxygens (including phenoxy) is 1. The molecule has 2 aromatic carbocycles. The second kappa shape index (κ2) is 7.23. The van der Waals surface area contributed by atoms with Crippen LogP contribution in [0.25, 0.3) is 10.9 Å². The van der Waals surface area contributed by atoms with Gasteiger partial charge in [0, 0.05) is 10.9 Å². The Morgan fingerprint density at radius 2 is 1.85 bits per heavy atom. The molecule has 3 rings (SSSR count). The third-order valence-electron chi connectivity index (χ3n) is 3.66. The number of aromatic nitrogens is 1. The Bertz CT molecular complexity index is 982. The molecule has 132 valence electrons. The van der Waals surface area contributed by atoms with Crippen LogP contribution in [0.2, 0.25) is 0 Å². The van der Waals surface area contributed by atoms with Crippen LogP contribution in [-0.4, -0.2) is 28.1 Å². The van der Waals surface area contributed by atoms with E-state index in [0.717, 1.165) is 5.39 Å². The number of carboxylic acid groups (broad SMARTS) is 1. The van der Waals surface area contributed by atoms with Crippen LogP contribution in [0.5, 0.6) is 5.75 Å². The Labute approximate surface area is 150 Å². The predicted octanol–water partition coefficient (Wildman–Crippen LogP) is 3.97. The SMILES string of the molecule is CC(C)Oc1cccc(C(=O)Nc2cccc3ccc(C(=O)O)nc23)c1. The van der Waals surface area contributed by atoms with Gasteiger partial charge in [0.1, 0.15) is 11.4 Å². The van der Waals surface area contributed by atoms with Crippen molar-refractivity contribution in [1.82, 2.24) is 4.98 Å². The first-order valence-electron chi connectivity index (χ1n) is 8.15. The van der Waals surface area contributed by atoms with Crippen LogP contribution in [0.4, 0.5) is 5.69 Å². The average Bonchev–Trinajstić information content (AvgIpc) is 2.61. The second-order valence-electron chi connectivity index (χ2n) is 6.03. The van der Waals surface area contributed by atoms with Gasteiger partial charge in [0.15, 0.2) is 0 Å². The summed E-state index contributed by atoms with van der Waals surface area (Å²) < 4.78 is 5.61. The molecule has 0 aliphatic carbocycles. The smallest absolute Gasteiger partial charge is 0.354 e. The highest BCUT2D eigenvalue weighted by atomic mass is 16.5. The molecule has 26 heavy (non-hydrogen) atoms. The van der Waals surface area contributed by atoms with E-state index >= 15 is 0 Å². The zero-order chi connectivity index (χ0) is 18.7. The Morgan fingerprint density at radius 3 is 2.58 bits per heavy atom. The number of hydrogen-bond donors (Lipinski definition) is 2. The molecule has 3 aromatic rings. The fraction of sp³-hybridized carbons (Fsp3) is 0.150. The van der Waals surface area contributed by atoms with Crippen molar-refractivity contribution in [3.8, 4) is 5.75 Å². The molecule has 0 aliphatic heterocycles. The van der Waals surface area contributed by atoms with Crippen molar-refractivity contribution in [3.05, 3.63) is 65.9 Å². The molecule has 0 radical (unpaired) electrons. The van der Waals surface area contributed by atoms with Crippen molar-refractivity contribution in [3.63, 3.8) is 0 Å². The van der Waals surface area contributed by atoms with Crippen LogP contribution in [-0.2, 0) is 0 Å². The van der Waals surface area contributed by atoms with Gasteiger partial charge in [0.05, 0.1) is 17.3 Å². The van der Waals surface area contributed by atoms with E-state index < -0.39 is 5.97 Å². The number of rotatable bonds is 5. The van der Waals surface area contributed by atoms with Crippen LogP contribution in [0.1, 0.15) is 34.7 Å². The predicted molar refractivity (Wildman–Crippen MR) is 98.9 cm³/mol. The molecular formula is C20H18N2O4. The molecule has 0 spiro atoms. The summed E-state index contributed by atoms with van der Waals surface area (Å²) in [6.07, 6.45) is 0.00465. The monoisotopic (exact) mass is 350 g/mol. The summed E-state index contributed by atoms with van der Waals surface area (Å²) in [7, 11) is 0. The molecule has 0 aliphatic rings. The maximum atomic E-state index is 12.6. The lowest BCUT2D eigenvalue weighted by Gasteiger charge is -2.12. The van der Waals surface area contributed by atoms with Crippen molar-refractivity contribution >= 4 is 28.5 Å². The number of aromatic carboxylic acids is 1. The summed E-state index contributed by atoms with van der Waals surface area (Å²) in [6.45, 7) is 3.82. The highest BCUT2D eigenvalue weighted by Crippen LogP contribution is 2.23. The van der Waals surface area contributed by atoms with Gasteiger partial charge in [-0.05, 0) is 44.2 Å². The van der Waals surface area contributed by atoms with E-state index in [9.17, 15) is 9.59 Å². The molecule has 0 fully saturated rings. The van der Waals surface area contributed by atoms with E-state index in [1.165, 1.54) is 6.07 Å². The van der Waals surface area contributed by atoms with Gasteiger partial charge in [0.25, 0.3) is 5.91 Å². The van der Waals surface area contributed by atoms with Crippen molar-refractivity contribution in [2.75, 3.05) is 5.32 Å². The van der Waals surface area contributed by atoms with Crippen LogP contribution >= 0.6 is 0 Å². The van der Waals surface area contributed by atoms with E-state index in [1.807, 2.05) is 13.8 Å². The van der Waals surface area contributed by atoms with E-state index in [4.69, 9.17) is 9.84 Å². The molecule has 6 heteroatoms. The Balaban J connectivity index is 1.92. The third-order valence-corrected chi connectivity index (χ3v) is 3.66. The largest absolute Gasteiger partial charge is 0.491 e. The van der Waals surface area contributed by atoms with Crippen LogP contribution in [0.3, 0.4) is 0 Å². The number of benzene rings is 2. The minimum atomic E-state index is -1.12. The fourth-order valence-electron chi connectivity index (χ4n) is 2.54. The average molecular weight is 350 g/mol. The van der Waals surface area contributed by atoms with Crippen molar-refractivity contribution in [2.24, 2.45) is 0 Å². The minimum absolute atomic E-state index is 0.00465.